The number of rotatable bonds is 6. The Morgan fingerprint density at radius 3 is 2.50 bits per heavy atom. The van der Waals surface area contributed by atoms with Gasteiger partial charge in [-0.15, -0.1) is 0 Å². The highest BCUT2D eigenvalue weighted by Crippen LogP contribution is 2.65. The van der Waals surface area contributed by atoms with Crippen molar-refractivity contribution in [2.45, 2.75) is 70.0 Å². The van der Waals surface area contributed by atoms with Crippen molar-refractivity contribution in [2.75, 3.05) is 19.8 Å². The molecule has 1 saturated heterocycles. The molecule has 5 aliphatic rings. The summed E-state index contributed by atoms with van der Waals surface area (Å²) in [5.74, 6) is 0.326. The lowest BCUT2D eigenvalue weighted by atomic mass is 9.46. The Bertz CT molecular complexity index is 548. The Labute approximate surface area is 144 Å². The van der Waals surface area contributed by atoms with Gasteiger partial charge in [0.05, 0.1) is 25.4 Å². The van der Waals surface area contributed by atoms with Gasteiger partial charge in [0.15, 0.2) is 0 Å². The van der Waals surface area contributed by atoms with Gasteiger partial charge >= 0.3 is 5.97 Å². The molecule has 4 aliphatic carbocycles. The minimum absolute atomic E-state index is 0.118. The molecule has 1 heterocycles. The standard InChI is InChI=1S/C20H30O4/c1-4-16(21)24-20-8-15-6-17(3,10-20)9-19(7-15,11-20)23-14-18(5-2)12-22-13-18/h4,15H,1,5-14H2,2-3H3. The van der Waals surface area contributed by atoms with Crippen LogP contribution in [0.3, 0.4) is 0 Å². The molecular formula is C20H30O4. The molecule has 0 aromatic carbocycles. The van der Waals surface area contributed by atoms with Crippen LogP contribution < -0.4 is 0 Å². The zero-order chi connectivity index (χ0) is 17.1. The normalized spacial score (nSPS) is 44.8. The molecular weight excluding hydrogens is 304 g/mol. The molecule has 1 aliphatic heterocycles. The van der Waals surface area contributed by atoms with Crippen LogP contribution in [0.1, 0.15) is 58.8 Å². The van der Waals surface area contributed by atoms with E-state index in [1.807, 2.05) is 0 Å². The van der Waals surface area contributed by atoms with Crippen molar-refractivity contribution in [3.63, 3.8) is 0 Å². The van der Waals surface area contributed by atoms with Gasteiger partial charge in [-0.05, 0) is 49.9 Å². The topological polar surface area (TPSA) is 44.8 Å². The first-order valence-corrected chi connectivity index (χ1v) is 9.41. The van der Waals surface area contributed by atoms with Crippen molar-refractivity contribution in [3.05, 3.63) is 12.7 Å². The van der Waals surface area contributed by atoms with E-state index >= 15 is 0 Å². The van der Waals surface area contributed by atoms with E-state index in [1.165, 1.54) is 12.5 Å². The van der Waals surface area contributed by atoms with Crippen molar-refractivity contribution in [1.82, 2.24) is 0 Å². The van der Waals surface area contributed by atoms with E-state index in [9.17, 15) is 4.79 Å². The molecule has 4 bridgehead atoms. The third kappa shape index (κ3) is 2.62. The van der Waals surface area contributed by atoms with Crippen LogP contribution in [-0.2, 0) is 19.0 Å². The molecule has 4 heteroatoms. The van der Waals surface area contributed by atoms with Crippen LogP contribution in [0.5, 0.6) is 0 Å². The van der Waals surface area contributed by atoms with E-state index in [1.54, 1.807) is 0 Å². The van der Waals surface area contributed by atoms with Crippen LogP contribution in [0, 0.1) is 16.7 Å². The Hall–Kier alpha value is -0.870. The average molecular weight is 334 g/mol. The maximum Gasteiger partial charge on any atom is 0.330 e. The van der Waals surface area contributed by atoms with Crippen LogP contribution >= 0.6 is 0 Å². The van der Waals surface area contributed by atoms with Crippen molar-refractivity contribution in [3.8, 4) is 0 Å². The summed E-state index contributed by atoms with van der Waals surface area (Å²) < 4.78 is 18.0. The quantitative estimate of drug-likeness (QED) is 0.549. The van der Waals surface area contributed by atoms with E-state index in [2.05, 4.69) is 20.4 Å². The summed E-state index contributed by atoms with van der Waals surface area (Å²) in [5.41, 5.74) is -0.0200. The summed E-state index contributed by atoms with van der Waals surface area (Å²) in [7, 11) is 0. The van der Waals surface area contributed by atoms with Gasteiger partial charge in [0.25, 0.3) is 0 Å². The largest absolute Gasteiger partial charge is 0.456 e. The summed E-state index contributed by atoms with van der Waals surface area (Å²) >= 11 is 0. The third-order valence-electron chi connectivity index (χ3n) is 6.98. The van der Waals surface area contributed by atoms with Gasteiger partial charge in [0.2, 0.25) is 0 Å². The Morgan fingerprint density at radius 2 is 1.92 bits per heavy atom. The van der Waals surface area contributed by atoms with E-state index in [0.29, 0.717) is 5.92 Å². The molecule has 0 amide bonds. The Balaban J connectivity index is 1.55. The van der Waals surface area contributed by atoms with E-state index in [4.69, 9.17) is 14.2 Å². The molecule has 134 valence electrons. The molecule has 4 nitrogen and oxygen atoms in total. The Morgan fingerprint density at radius 1 is 1.21 bits per heavy atom. The van der Waals surface area contributed by atoms with Crippen molar-refractivity contribution >= 4 is 5.97 Å². The van der Waals surface area contributed by atoms with E-state index in [-0.39, 0.29) is 28.0 Å². The Kier molecular flexibility index (Phi) is 3.67. The molecule has 24 heavy (non-hydrogen) atoms. The smallest absolute Gasteiger partial charge is 0.330 e. The van der Waals surface area contributed by atoms with Gasteiger partial charge in [0, 0.05) is 17.9 Å². The zero-order valence-corrected chi connectivity index (χ0v) is 15.1. The summed E-state index contributed by atoms with van der Waals surface area (Å²) in [4.78, 5) is 11.9. The lowest BCUT2D eigenvalue weighted by molar-refractivity contribution is -0.268. The maximum absolute atomic E-state index is 11.9. The van der Waals surface area contributed by atoms with Gasteiger partial charge < -0.3 is 14.2 Å². The van der Waals surface area contributed by atoms with Crippen LogP contribution in [-0.4, -0.2) is 37.0 Å². The van der Waals surface area contributed by atoms with E-state index in [0.717, 1.165) is 58.3 Å². The fourth-order valence-electron chi connectivity index (χ4n) is 6.35. The minimum Gasteiger partial charge on any atom is -0.456 e. The summed E-state index contributed by atoms with van der Waals surface area (Å²) in [6, 6.07) is 0. The second kappa shape index (κ2) is 5.31. The average Bonchev–Trinajstić information content (AvgIpc) is 2.43. The number of hydrogen-bond donors (Lipinski definition) is 0. The van der Waals surface area contributed by atoms with Gasteiger partial charge in [-0.2, -0.15) is 0 Å². The first-order valence-electron chi connectivity index (χ1n) is 9.41. The number of hydrogen-bond acceptors (Lipinski definition) is 4. The molecule has 5 rings (SSSR count). The van der Waals surface area contributed by atoms with Gasteiger partial charge in [0.1, 0.15) is 5.60 Å². The summed E-state index contributed by atoms with van der Waals surface area (Å²) in [6.07, 6.45) is 8.69. The first kappa shape index (κ1) is 16.6. The molecule has 4 unspecified atom stereocenters. The number of carbonyl (C=O) groups is 1. The maximum atomic E-state index is 11.9. The second-order valence-electron chi connectivity index (χ2n) is 9.45. The fraction of sp³-hybridized carbons (Fsp3) is 0.850. The molecule has 0 radical (unpaired) electrons. The number of ether oxygens (including phenoxy) is 3. The van der Waals surface area contributed by atoms with Crippen molar-refractivity contribution in [1.29, 1.82) is 0 Å². The number of carbonyl (C=O) groups excluding carboxylic acids is 1. The molecule has 4 saturated carbocycles. The van der Waals surface area contributed by atoms with Gasteiger partial charge in [-0.1, -0.05) is 20.4 Å². The lowest BCUT2D eigenvalue weighted by Crippen LogP contribution is -2.65. The van der Waals surface area contributed by atoms with Crippen LogP contribution in [0.15, 0.2) is 12.7 Å². The fourth-order valence-corrected chi connectivity index (χ4v) is 6.35. The minimum atomic E-state index is -0.338. The predicted molar refractivity (Wildman–Crippen MR) is 90.5 cm³/mol. The monoisotopic (exact) mass is 334 g/mol. The van der Waals surface area contributed by atoms with Crippen molar-refractivity contribution < 1.29 is 19.0 Å². The van der Waals surface area contributed by atoms with E-state index < -0.39 is 0 Å². The van der Waals surface area contributed by atoms with Crippen LogP contribution in [0.2, 0.25) is 0 Å². The molecule has 4 atom stereocenters. The highest BCUT2D eigenvalue weighted by Gasteiger charge is 2.64. The highest BCUT2D eigenvalue weighted by molar-refractivity contribution is 5.81. The third-order valence-corrected chi connectivity index (χ3v) is 6.98. The lowest BCUT2D eigenvalue weighted by Gasteiger charge is -2.65. The molecule has 5 fully saturated rings. The van der Waals surface area contributed by atoms with Gasteiger partial charge in [-0.3, -0.25) is 0 Å². The highest BCUT2D eigenvalue weighted by atomic mass is 16.6. The van der Waals surface area contributed by atoms with Crippen LogP contribution in [0.4, 0.5) is 0 Å². The van der Waals surface area contributed by atoms with Crippen LogP contribution in [0.25, 0.3) is 0 Å². The summed E-state index contributed by atoms with van der Waals surface area (Å²) in [5, 5.41) is 0. The molecule has 0 N–H and O–H groups in total. The SMILES string of the molecule is C=CC(=O)OC12CC3CC(C)(CC(OCC4(CC)COC4)(C3)C1)C2. The molecule has 0 spiro atoms. The zero-order valence-electron chi connectivity index (χ0n) is 15.1. The van der Waals surface area contributed by atoms with Crippen molar-refractivity contribution in [2.24, 2.45) is 16.7 Å². The molecule has 0 aromatic rings. The number of esters is 1. The summed E-state index contributed by atoms with van der Waals surface area (Å²) in [6.45, 7) is 10.6. The molecule has 0 aromatic heterocycles. The predicted octanol–water partition coefficient (Wildman–Crippen LogP) is 3.64. The second-order valence-corrected chi connectivity index (χ2v) is 9.45. The van der Waals surface area contributed by atoms with Gasteiger partial charge in [-0.25, -0.2) is 4.79 Å². The first-order chi connectivity index (χ1) is 11.3.